The summed E-state index contributed by atoms with van der Waals surface area (Å²) in [5, 5.41) is 7.10. The number of anilines is 2. The molecule has 22 heavy (non-hydrogen) atoms. The standard InChI is InChI=1S/C15H13FN2O3S/c16-9-6-11(15-12(7-9)18-14(20)8-21-15)17-13(19)4-3-10-2-1-5-22-10/h1-2,5-7H,3-4,8H2,(H,17,19)(H,18,20). The van der Waals surface area contributed by atoms with Crippen molar-refractivity contribution in [3.8, 4) is 5.75 Å². The van der Waals surface area contributed by atoms with Gasteiger partial charge >= 0.3 is 0 Å². The van der Waals surface area contributed by atoms with Gasteiger partial charge in [-0.2, -0.15) is 0 Å². The molecule has 5 nitrogen and oxygen atoms in total. The molecule has 1 aliphatic heterocycles. The van der Waals surface area contributed by atoms with Gasteiger partial charge < -0.3 is 15.4 Å². The maximum atomic E-state index is 13.6. The third-order valence-corrected chi connectivity index (χ3v) is 4.06. The van der Waals surface area contributed by atoms with Crippen LogP contribution in [-0.2, 0) is 16.0 Å². The second-order valence-electron chi connectivity index (χ2n) is 4.79. The second kappa shape index (κ2) is 6.15. The van der Waals surface area contributed by atoms with E-state index >= 15 is 0 Å². The molecular weight excluding hydrogens is 307 g/mol. The fourth-order valence-corrected chi connectivity index (χ4v) is 2.87. The molecule has 7 heteroatoms. The van der Waals surface area contributed by atoms with Crippen LogP contribution in [-0.4, -0.2) is 18.4 Å². The summed E-state index contributed by atoms with van der Waals surface area (Å²) >= 11 is 1.58. The summed E-state index contributed by atoms with van der Waals surface area (Å²) in [6, 6.07) is 6.23. The van der Waals surface area contributed by atoms with Gasteiger partial charge in [0.25, 0.3) is 5.91 Å². The Kier molecular flexibility index (Phi) is 4.06. The average molecular weight is 320 g/mol. The van der Waals surface area contributed by atoms with E-state index in [4.69, 9.17) is 4.74 Å². The van der Waals surface area contributed by atoms with Crippen LogP contribution in [0.5, 0.6) is 5.75 Å². The number of ether oxygens (including phenoxy) is 1. The van der Waals surface area contributed by atoms with Crippen molar-refractivity contribution in [2.75, 3.05) is 17.2 Å². The lowest BCUT2D eigenvalue weighted by molar-refractivity contribution is -0.118. The number of aryl methyl sites for hydroxylation is 1. The minimum atomic E-state index is -0.557. The molecule has 0 atom stereocenters. The molecule has 2 heterocycles. The number of hydrogen-bond acceptors (Lipinski definition) is 4. The maximum Gasteiger partial charge on any atom is 0.262 e. The van der Waals surface area contributed by atoms with E-state index in [9.17, 15) is 14.0 Å². The highest BCUT2D eigenvalue weighted by atomic mass is 32.1. The molecule has 0 aliphatic carbocycles. The monoisotopic (exact) mass is 320 g/mol. The molecular formula is C15H13FN2O3S. The highest BCUT2D eigenvalue weighted by Crippen LogP contribution is 2.36. The van der Waals surface area contributed by atoms with Crippen LogP contribution >= 0.6 is 11.3 Å². The highest BCUT2D eigenvalue weighted by molar-refractivity contribution is 7.09. The Bertz CT molecular complexity index is 716. The molecule has 0 bridgehead atoms. The van der Waals surface area contributed by atoms with Gasteiger partial charge in [0.15, 0.2) is 12.4 Å². The summed E-state index contributed by atoms with van der Waals surface area (Å²) in [5.74, 6) is -0.863. The Hall–Kier alpha value is -2.41. The lowest BCUT2D eigenvalue weighted by atomic mass is 10.2. The van der Waals surface area contributed by atoms with E-state index < -0.39 is 5.82 Å². The van der Waals surface area contributed by atoms with Gasteiger partial charge in [0.1, 0.15) is 5.82 Å². The van der Waals surface area contributed by atoms with E-state index in [-0.39, 0.29) is 42.0 Å². The summed E-state index contributed by atoms with van der Waals surface area (Å²) in [4.78, 5) is 24.4. The van der Waals surface area contributed by atoms with Crippen LogP contribution in [0.3, 0.4) is 0 Å². The number of thiophene rings is 1. The smallest absolute Gasteiger partial charge is 0.262 e. The number of fused-ring (bicyclic) bond motifs is 1. The Balaban J connectivity index is 1.71. The van der Waals surface area contributed by atoms with Crippen molar-refractivity contribution in [2.24, 2.45) is 0 Å². The third kappa shape index (κ3) is 3.25. The molecule has 1 aromatic heterocycles. The number of benzene rings is 1. The molecule has 2 amide bonds. The number of carbonyl (C=O) groups is 2. The molecule has 2 N–H and O–H groups in total. The van der Waals surface area contributed by atoms with E-state index in [0.717, 1.165) is 10.9 Å². The normalized spacial score (nSPS) is 13.0. The van der Waals surface area contributed by atoms with Gasteiger partial charge in [-0.15, -0.1) is 11.3 Å². The molecule has 3 rings (SSSR count). The van der Waals surface area contributed by atoms with Crippen LogP contribution < -0.4 is 15.4 Å². The van der Waals surface area contributed by atoms with Crippen LogP contribution in [0.4, 0.5) is 15.8 Å². The van der Waals surface area contributed by atoms with E-state index in [2.05, 4.69) is 10.6 Å². The molecule has 114 valence electrons. The topological polar surface area (TPSA) is 67.4 Å². The minimum Gasteiger partial charge on any atom is -0.479 e. The lowest BCUT2D eigenvalue weighted by Gasteiger charge is -2.21. The number of halogens is 1. The maximum absolute atomic E-state index is 13.6. The van der Waals surface area contributed by atoms with Crippen molar-refractivity contribution in [3.05, 3.63) is 40.3 Å². The van der Waals surface area contributed by atoms with Crippen LogP contribution in [0.25, 0.3) is 0 Å². The van der Waals surface area contributed by atoms with E-state index in [0.29, 0.717) is 6.42 Å². The van der Waals surface area contributed by atoms with Gasteiger partial charge in [0, 0.05) is 23.4 Å². The van der Waals surface area contributed by atoms with Crippen molar-refractivity contribution in [1.82, 2.24) is 0 Å². The Morgan fingerprint density at radius 2 is 2.32 bits per heavy atom. The van der Waals surface area contributed by atoms with Crippen LogP contribution in [0.1, 0.15) is 11.3 Å². The van der Waals surface area contributed by atoms with Gasteiger partial charge in [0.05, 0.1) is 11.4 Å². The number of nitrogens with one attached hydrogen (secondary N) is 2. The lowest BCUT2D eigenvalue weighted by Crippen LogP contribution is -2.26. The van der Waals surface area contributed by atoms with Gasteiger partial charge in [-0.25, -0.2) is 4.39 Å². The van der Waals surface area contributed by atoms with Crippen molar-refractivity contribution in [1.29, 1.82) is 0 Å². The average Bonchev–Trinajstić information content (AvgIpc) is 2.97. The zero-order valence-corrected chi connectivity index (χ0v) is 12.3. The number of carbonyl (C=O) groups excluding carboxylic acids is 2. The zero-order chi connectivity index (χ0) is 15.5. The number of hydrogen-bond donors (Lipinski definition) is 2. The number of rotatable bonds is 4. The Labute approximate surface area is 130 Å². The quantitative estimate of drug-likeness (QED) is 0.910. The largest absolute Gasteiger partial charge is 0.479 e. The first-order valence-corrected chi connectivity index (χ1v) is 7.58. The molecule has 0 spiro atoms. The Morgan fingerprint density at radius 1 is 1.45 bits per heavy atom. The van der Waals surface area contributed by atoms with E-state index in [1.54, 1.807) is 11.3 Å². The molecule has 0 saturated heterocycles. The zero-order valence-electron chi connectivity index (χ0n) is 11.5. The third-order valence-electron chi connectivity index (χ3n) is 3.13. The summed E-state index contributed by atoms with van der Waals surface area (Å²) < 4.78 is 18.9. The van der Waals surface area contributed by atoms with Gasteiger partial charge in [-0.1, -0.05) is 6.07 Å². The predicted octanol–water partition coefficient (Wildman–Crippen LogP) is 2.79. The molecule has 2 aromatic rings. The summed E-state index contributed by atoms with van der Waals surface area (Å²) in [6.45, 7) is -0.156. The van der Waals surface area contributed by atoms with Gasteiger partial charge in [-0.05, 0) is 17.9 Å². The Morgan fingerprint density at radius 3 is 3.09 bits per heavy atom. The minimum absolute atomic E-state index is 0.156. The molecule has 1 aliphatic rings. The van der Waals surface area contributed by atoms with Crippen molar-refractivity contribution in [2.45, 2.75) is 12.8 Å². The van der Waals surface area contributed by atoms with Crippen LogP contribution in [0.2, 0.25) is 0 Å². The molecule has 0 fully saturated rings. The van der Waals surface area contributed by atoms with Crippen molar-refractivity contribution >= 4 is 34.5 Å². The van der Waals surface area contributed by atoms with E-state index in [1.807, 2.05) is 17.5 Å². The first-order valence-electron chi connectivity index (χ1n) is 6.70. The first kappa shape index (κ1) is 14.5. The van der Waals surface area contributed by atoms with Crippen molar-refractivity contribution < 1.29 is 18.7 Å². The van der Waals surface area contributed by atoms with E-state index in [1.165, 1.54) is 6.07 Å². The molecule has 1 aromatic carbocycles. The predicted molar refractivity (Wildman–Crippen MR) is 81.8 cm³/mol. The highest BCUT2D eigenvalue weighted by Gasteiger charge is 2.21. The molecule has 0 unspecified atom stereocenters. The number of amides is 2. The molecule has 0 radical (unpaired) electrons. The van der Waals surface area contributed by atoms with Gasteiger partial charge in [0.2, 0.25) is 5.91 Å². The fourth-order valence-electron chi connectivity index (χ4n) is 2.16. The summed E-state index contributed by atoms with van der Waals surface area (Å²) in [7, 11) is 0. The summed E-state index contributed by atoms with van der Waals surface area (Å²) in [6.07, 6.45) is 0.913. The van der Waals surface area contributed by atoms with Crippen molar-refractivity contribution in [3.63, 3.8) is 0 Å². The molecule has 0 saturated carbocycles. The first-order chi connectivity index (χ1) is 10.6. The summed E-state index contributed by atoms with van der Waals surface area (Å²) in [5.41, 5.74) is 0.455. The SMILES string of the molecule is O=C(CCc1cccs1)Nc1cc(F)cc2c1OCC(=O)N2. The fraction of sp³-hybridized carbons (Fsp3) is 0.200. The van der Waals surface area contributed by atoms with Crippen LogP contribution in [0.15, 0.2) is 29.6 Å². The second-order valence-corrected chi connectivity index (χ2v) is 5.83. The van der Waals surface area contributed by atoms with Crippen LogP contribution in [0, 0.1) is 5.82 Å². The van der Waals surface area contributed by atoms with Gasteiger partial charge in [-0.3, -0.25) is 9.59 Å².